The molecule has 0 unspecified atom stereocenters. The van der Waals surface area contributed by atoms with Crippen LogP contribution in [0.15, 0.2) is 52.9 Å². The van der Waals surface area contributed by atoms with Crippen LogP contribution < -0.4 is 4.90 Å². The van der Waals surface area contributed by atoms with Gasteiger partial charge in [-0.15, -0.1) is 11.8 Å². The van der Waals surface area contributed by atoms with E-state index in [9.17, 15) is 4.79 Å². The minimum absolute atomic E-state index is 0.250. The minimum atomic E-state index is -0.328. The summed E-state index contributed by atoms with van der Waals surface area (Å²) in [7, 11) is 4.04. The van der Waals surface area contributed by atoms with Gasteiger partial charge in [-0.05, 0) is 88.5 Å². The third-order valence-corrected chi connectivity index (χ3v) is 5.61. The molecule has 0 amide bonds. The van der Waals surface area contributed by atoms with Crippen LogP contribution in [0.1, 0.15) is 30.0 Å². The lowest BCUT2D eigenvalue weighted by atomic mass is 10.00. The highest BCUT2D eigenvalue weighted by Gasteiger charge is 2.25. The lowest BCUT2D eigenvalue weighted by Crippen LogP contribution is -2.08. The van der Waals surface area contributed by atoms with E-state index in [4.69, 9.17) is 11.6 Å². The van der Waals surface area contributed by atoms with Crippen LogP contribution in [-0.2, 0) is 4.79 Å². The van der Waals surface area contributed by atoms with Crippen molar-refractivity contribution >= 4 is 51.5 Å². The maximum atomic E-state index is 11.6. The number of anilines is 1. The van der Waals surface area contributed by atoms with Crippen LogP contribution in [0.25, 0.3) is 17.2 Å². The molecule has 4 heteroatoms. The van der Waals surface area contributed by atoms with Crippen LogP contribution in [0.2, 0.25) is 0 Å². The fourth-order valence-electron chi connectivity index (χ4n) is 3.28. The third-order valence-electron chi connectivity index (χ3n) is 4.73. The quantitative estimate of drug-likeness (QED) is 0.469. The molecule has 134 valence electrons. The maximum Gasteiger partial charge on any atom is 0.226 e. The number of hydrogen-bond donors (Lipinski definition) is 0. The summed E-state index contributed by atoms with van der Waals surface area (Å²) >= 11 is 7.46. The standard InChI is InChI=1S/C22H22ClNOS/c1-14-19(11-15-5-8-17(26-4)9-6-15)18-10-7-16(24(2)3)12-21(18)20(14)13-22(23)25/h5-12H,13H2,1-4H3/b19-11+. The Balaban J connectivity index is 2.12. The Morgan fingerprint density at radius 2 is 1.81 bits per heavy atom. The summed E-state index contributed by atoms with van der Waals surface area (Å²) in [6.45, 7) is 2.08. The van der Waals surface area contributed by atoms with Gasteiger partial charge in [0, 0.05) is 31.1 Å². The summed E-state index contributed by atoms with van der Waals surface area (Å²) in [5.74, 6) is 0. The average Bonchev–Trinajstić information content (AvgIpc) is 2.87. The van der Waals surface area contributed by atoms with E-state index in [0.29, 0.717) is 0 Å². The number of halogens is 1. The zero-order valence-corrected chi connectivity index (χ0v) is 17.0. The summed E-state index contributed by atoms with van der Waals surface area (Å²) in [6.07, 6.45) is 4.52. The molecule has 0 saturated heterocycles. The van der Waals surface area contributed by atoms with Crippen LogP contribution in [0.5, 0.6) is 0 Å². The molecule has 2 aromatic rings. The Morgan fingerprint density at radius 3 is 2.38 bits per heavy atom. The van der Waals surface area contributed by atoms with E-state index in [1.807, 2.05) is 14.1 Å². The van der Waals surface area contributed by atoms with E-state index in [0.717, 1.165) is 39.1 Å². The van der Waals surface area contributed by atoms with Crippen LogP contribution in [0, 0.1) is 0 Å². The van der Waals surface area contributed by atoms with E-state index < -0.39 is 0 Å². The molecular formula is C22H22ClNOS. The van der Waals surface area contributed by atoms with Crippen molar-refractivity contribution in [1.82, 2.24) is 0 Å². The first-order chi connectivity index (χ1) is 12.4. The molecule has 0 atom stereocenters. The highest BCUT2D eigenvalue weighted by molar-refractivity contribution is 7.98. The predicted molar refractivity (Wildman–Crippen MR) is 115 cm³/mol. The van der Waals surface area contributed by atoms with E-state index in [-0.39, 0.29) is 11.7 Å². The highest BCUT2D eigenvalue weighted by Crippen LogP contribution is 2.45. The number of allylic oxidation sites excluding steroid dienone is 3. The lowest BCUT2D eigenvalue weighted by Gasteiger charge is -2.15. The zero-order valence-electron chi connectivity index (χ0n) is 15.5. The smallest absolute Gasteiger partial charge is 0.226 e. The fraction of sp³-hybridized carbons (Fsp3) is 0.227. The van der Waals surface area contributed by atoms with Crippen LogP contribution in [-0.4, -0.2) is 25.6 Å². The number of hydrogen-bond acceptors (Lipinski definition) is 3. The molecular weight excluding hydrogens is 362 g/mol. The summed E-state index contributed by atoms with van der Waals surface area (Å²) in [4.78, 5) is 14.9. The molecule has 0 fully saturated rings. The van der Waals surface area contributed by atoms with Gasteiger partial charge in [-0.25, -0.2) is 0 Å². The fourth-order valence-corrected chi connectivity index (χ4v) is 3.82. The van der Waals surface area contributed by atoms with Gasteiger partial charge in [-0.3, -0.25) is 4.79 Å². The topological polar surface area (TPSA) is 20.3 Å². The van der Waals surface area contributed by atoms with Crippen LogP contribution in [0.3, 0.4) is 0 Å². The highest BCUT2D eigenvalue weighted by atomic mass is 35.5. The molecule has 26 heavy (non-hydrogen) atoms. The van der Waals surface area contributed by atoms with Gasteiger partial charge in [-0.2, -0.15) is 0 Å². The van der Waals surface area contributed by atoms with Crippen molar-refractivity contribution < 1.29 is 4.79 Å². The van der Waals surface area contributed by atoms with E-state index >= 15 is 0 Å². The van der Waals surface area contributed by atoms with Gasteiger partial charge in [-0.1, -0.05) is 18.2 Å². The largest absolute Gasteiger partial charge is 0.378 e. The second-order valence-electron chi connectivity index (χ2n) is 6.59. The van der Waals surface area contributed by atoms with Crippen molar-refractivity contribution in [2.75, 3.05) is 25.3 Å². The third kappa shape index (κ3) is 3.74. The molecule has 0 bridgehead atoms. The molecule has 0 N–H and O–H groups in total. The molecule has 1 aliphatic rings. The Hall–Kier alpha value is -1.97. The van der Waals surface area contributed by atoms with Crippen LogP contribution in [0.4, 0.5) is 5.69 Å². The van der Waals surface area contributed by atoms with Gasteiger partial charge < -0.3 is 4.90 Å². The van der Waals surface area contributed by atoms with Gasteiger partial charge in [0.05, 0.1) is 0 Å². The molecule has 0 aromatic heterocycles. The number of rotatable bonds is 5. The summed E-state index contributed by atoms with van der Waals surface area (Å²) < 4.78 is 0. The van der Waals surface area contributed by atoms with Crippen molar-refractivity contribution in [2.24, 2.45) is 0 Å². The SMILES string of the molecule is CSc1ccc(/C=C2\C(C)=C(CC(=O)Cl)c3cc(N(C)C)ccc32)cc1. The molecule has 3 rings (SSSR count). The Bertz CT molecular complexity index is 910. The molecule has 0 saturated carbocycles. The number of carbonyl (C=O) groups is 1. The molecule has 1 aliphatic carbocycles. The van der Waals surface area contributed by atoms with Crippen molar-refractivity contribution in [2.45, 2.75) is 18.2 Å². The molecule has 0 heterocycles. The number of fused-ring (bicyclic) bond motifs is 1. The van der Waals surface area contributed by atoms with Gasteiger partial charge in [0.15, 0.2) is 0 Å². The maximum absolute atomic E-state index is 11.6. The Morgan fingerprint density at radius 1 is 1.12 bits per heavy atom. The first-order valence-electron chi connectivity index (χ1n) is 8.47. The second-order valence-corrected chi connectivity index (χ2v) is 7.89. The molecule has 0 spiro atoms. The number of carbonyl (C=O) groups excluding carboxylic acids is 1. The Kier molecular flexibility index (Phi) is 5.59. The molecule has 2 aromatic carbocycles. The van der Waals surface area contributed by atoms with E-state index in [1.165, 1.54) is 4.90 Å². The van der Waals surface area contributed by atoms with Gasteiger partial charge >= 0.3 is 0 Å². The van der Waals surface area contributed by atoms with Crippen molar-refractivity contribution in [3.8, 4) is 0 Å². The summed E-state index contributed by atoms with van der Waals surface area (Å²) in [5, 5.41) is -0.328. The summed E-state index contributed by atoms with van der Waals surface area (Å²) in [5.41, 5.74) is 7.84. The predicted octanol–water partition coefficient (Wildman–Crippen LogP) is 5.96. The van der Waals surface area contributed by atoms with Crippen molar-refractivity contribution in [3.63, 3.8) is 0 Å². The van der Waals surface area contributed by atoms with Crippen molar-refractivity contribution in [1.29, 1.82) is 0 Å². The van der Waals surface area contributed by atoms with E-state index in [2.05, 4.69) is 66.6 Å². The molecule has 0 aliphatic heterocycles. The monoisotopic (exact) mass is 383 g/mol. The first-order valence-corrected chi connectivity index (χ1v) is 10.1. The molecule has 2 nitrogen and oxygen atoms in total. The van der Waals surface area contributed by atoms with E-state index in [1.54, 1.807) is 11.8 Å². The average molecular weight is 384 g/mol. The Labute approximate surface area is 164 Å². The minimum Gasteiger partial charge on any atom is -0.378 e. The first kappa shape index (κ1) is 18.8. The zero-order chi connectivity index (χ0) is 18.8. The number of nitrogens with zero attached hydrogens (tertiary/aromatic N) is 1. The summed E-state index contributed by atoms with van der Waals surface area (Å²) in [6, 6.07) is 14.9. The number of thioether (sulfide) groups is 1. The molecule has 0 radical (unpaired) electrons. The van der Waals surface area contributed by atoms with Gasteiger partial charge in [0.1, 0.15) is 0 Å². The van der Waals surface area contributed by atoms with Gasteiger partial charge in [0.25, 0.3) is 0 Å². The normalized spacial score (nSPS) is 14.7. The lowest BCUT2D eigenvalue weighted by molar-refractivity contribution is -0.110. The van der Waals surface area contributed by atoms with Gasteiger partial charge in [0.2, 0.25) is 5.24 Å². The van der Waals surface area contributed by atoms with Crippen molar-refractivity contribution in [3.05, 3.63) is 64.7 Å². The second kappa shape index (κ2) is 7.73. The number of benzene rings is 2. The van der Waals surface area contributed by atoms with Crippen LogP contribution >= 0.6 is 23.4 Å².